The maximum Gasteiger partial charge on any atom is 0.222 e. The highest BCUT2D eigenvalue weighted by Gasteiger charge is 2.21. The third-order valence-electron chi connectivity index (χ3n) is 3.13. The Morgan fingerprint density at radius 2 is 1.93 bits per heavy atom. The molecular weight excluding hydrogens is 174 g/mol. The van der Waals surface area contributed by atoms with E-state index in [9.17, 15) is 4.79 Å². The Labute approximate surface area is 87.7 Å². The van der Waals surface area contributed by atoms with E-state index in [1.54, 1.807) is 0 Å². The first kappa shape index (κ1) is 11.5. The van der Waals surface area contributed by atoms with Crippen LogP contribution in [0.4, 0.5) is 0 Å². The number of nitrogens with zero attached hydrogens (tertiary/aromatic N) is 1. The lowest BCUT2D eigenvalue weighted by molar-refractivity contribution is -0.133. The van der Waals surface area contributed by atoms with E-state index in [1.807, 2.05) is 4.90 Å². The lowest BCUT2D eigenvalue weighted by Gasteiger charge is -2.32. The maximum absolute atomic E-state index is 11.7. The molecule has 0 saturated carbocycles. The summed E-state index contributed by atoms with van der Waals surface area (Å²) in [5, 5.41) is 0. The fourth-order valence-electron chi connectivity index (χ4n) is 2.07. The number of carbonyl (C=O) groups excluding carboxylic acids is 1. The summed E-state index contributed by atoms with van der Waals surface area (Å²) in [6, 6.07) is 0. The molecule has 0 aromatic heterocycles. The molecule has 14 heavy (non-hydrogen) atoms. The molecule has 1 rings (SSSR count). The predicted molar refractivity (Wildman–Crippen MR) is 59.1 cm³/mol. The second-order valence-electron chi connectivity index (χ2n) is 4.83. The van der Waals surface area contributed by atoms with Crippen LogP contribution in [0.1, 0.15) is 46.5 Å². The summed E-state index contributed by atoms with van der Waals surface area (Å²) in [7, 11) is 0. The number of carbonyl (C=O) groups is 1. The fourth-order valence-corrected chi connectivity index (χ4v) is 2.07. The predicted octanol–water partition coefficient (Wildman–Crippen LogP) is 2.68. The van der Waals surface area contributed by atoms with Gasteiger partial charge in [-0.05, 0) is 24.7 Å². The third-order valence-corrected chi connectivity index (χ3v) is 3.13. The number of amides is 1. The molecule has 0 radical (unpaired) electrons. The Morgan fingerprint density at radius 3 is 2.36 bits per heavy atom. The van der Waals surface area contributed by atoms with Crippen LogP contribution in [-0.4, -0.2) is 23.9 Å². The van der Waals surface area contributed by atoms with E-state index < -0.39 is 0 Å². The van der Waals surface area contributed by atoms with E-state index in [-0.39, 0.29) is 0 Å². The van der Waals surface area contributed by atoms with Gasteiger partial charge in [-0.3, -0.25) is 4.79 Å². The van der Waals surface area contributed by atoms with Gasteiger partial charge in [0.05, 0.1) is 0 Å². The zero-order valence-electron chi connectivity index (χ0n) is 9.75. The van der Waals surface area contributed by atoms with Crippen LogP contribution >= 0.6 is 0 Å². The van der Waals surface area contributed by atoms with E-state index in [1.165, 1.54) is 19.3 Å². The molecule has 0 atom stereocenters. The highest BCUT2D eigenvalue weighted by molar-refractivity contribution is 5.76. The summed E-state index contributed by atoms with van der Waals surface area (Å²) in [6.45, 7) is 8.44. The minimum atomic E-state index is 0.356. The Kier molecular flexibility index (Phi) is 4.43. The van der Waals surface area contributed by atoms with Crippen molar-refractivity contribution in [3.8, 4) is 0 Å². The lowest BCUT2D eigenvalue weighted by Crippen LogP contribution is -2.38. The van der Waals surface area contributed by atoms with Crippen molar-refractivity contribution in [2.75, 3.05) is 13.1 Å². The third kappa shape index (κ3) is 3.32. The van der Waals surface area contributed by atoms with Crippen LogP contribution in [-0.2, 0) is 4.79 Å². The van der Waals surface area contributed by atoms with E-state index in [0.29, 0.717) is 11.8 Å². The average molecular weight is 197 g/mol. The number of hydrogen-bond acceptors (Lipinski definition) is 1. The Bertz CT molecular complexity index is 181. The van der Waals surface area contributed by atoms with Crippen LogP contribution in [0.25, 0.3) is 0 Å². The van der Waals surface area contributed by atoms with E-state index in [2.05, 4.69) is 20.8 Å². The fraction of sp³-hybridized carbons (Fsp3) is 0.917. The zero-order valence-corrected chi connectivity index (χ0v) is 9.75. The second-order valence-corrected chi connectivity index (χ2v) is 4.83. The minimum Gasteiger partial charge on any atom is -0.343 e. The van der Waals surface area contributed by atoms with Gasteiger partial charge in [0.15, 0.2) is 0 Å². The number of hydrogen-bond donors (Lipinski definition) is 0. The monoisotopic (exact) mass is 197 g/mol. The smallest absolute Gasteiger partial charge is 0.222 e. The van der Waals surface area contributed by atoms with Crippen LogP contribution in [0.3, 0.4) is 0 Å². The van der Waals surface area contributed by atoms with Crippen molar-refractivity contribution in [2.45, 2.75) is 46.5 Å². The molecule has 2 nitrogen and oxygen atoms in total. The molecule has 0 aromatic carbocycles. The normalized spacial score (nSPS) is 19.0. The van der Waals surface area contributed by atoms with Crippen molar-refractivity contribution < 1.29 is 4.79 Å². The molecule has 1 saturated heterocycles. The molecule has 0 bridgehead atoms. The summed E-state index contributed by atoms with van der Waals surface area (Å²) in [4.78, 5) is 13.8. The Hall–Kier alpha value is -0.530. The van der Waals surface area contributed by atoms with Crippen molar-refractivity contribution >= 4 is 5.91 Å². The van der Waals surface area contributed by atoms with Gasteiger partial charge >= 0.3 is 0 Å². The number of rotatable bonds is 3. The van der Waals surface area contributed by atoms with Gasteiger partial charge in [0.2, 0.25) is 5.91 Å². The molecule has 1 aliphatic heterocycles. The molecule has 1 heterocycles. The van der Waals surface area contributed by atoms with Gasteiger partial charge in [-0.2, -0.15) is 0 Å². The van der Waals surface area contributed by atoms with Crippen molar-refractivity contribution in [3.05, 3.63) is 0 Å². The van der Waals surface area contributed by atoms with Crippen molar-refractivity contribution in [3.63, 3.8) is 0 Å². The molecule has 0 aromatic rings. The summed E-state index contributed by atoms with van der Waals surface area (Å²) in [5.74, 6) is 1.71. The first-order valence-corrected chi connectivity index (χ1v) is 5.91. The summed E-state index contributed by atoms with van der Waals surface area (Å²) >= 11 is 0. The van der Waals surface area contributed by atoms with Crippen LogP contribution in [0, 0.1) is 11.8 Å². The zero-order chi connectivity index (χ0) is 10.6. The first-order valence-electron chi connectivity index (χ1n) is 5.91. The molecule has 0 unspecified atom stereocenters. The molecule has 1 amide bonds. The molecular formula is C12H23NO. The van der Waals surface area contributed by atoms with Crippen LogP contribution in [0.5, 0.6) is 0 Å². The van der Waals surface area contributed by atoms with Crippen molar-refractivity contribution in [2.24, 2.45) is 11.8 Å². The number of likely N-dealkylation sites (tertiary alicyclic amines) is 1. The van der Waals surface area contributed by atoms with E-state index >= 15 is 0 Å². The number of piperidine rings is 1. The first-order chi connectivity index (χ1) is 6.63. The molecule has 1 aliphatic rings. The van der Waals surface area contributed by atoms with Crippen molar-refractivity contribution in [1.82, 2.24) is 4.90 Å². The van der Waals surface area contributed by atoms with E-state index in [0.717, 1.165) is 25.4 Å². The molecule has 2 heteroatoms. The second kappa shape index (κ2) is 5.38. The van der Waals surface area contributed by atoms with Gasteiger partial charge in [-0.25, -0.2) is 0 Å². The van der Waals surface area contributed by atoms with Gasteiger partial charge in [0.25, 0.3) is 0 Å². The molecule has 0 N–H and O–H groups in total. The SMILES string of the molecule is CCC1CCN(C(=O)CC(C)C)CC1. The van der Waals surface area contributed by atoms with Gasteiger partial charge in [-0.1, -0.05) is 27.2 Å². The largest absolute Gasteiger partial charge is 0.343 e. The average Bonchev–Trinajstić information content (AvgIpc) is 2.17. The summed E-state index contributed by atoms with van der Waals surface area (Å²) in [5.41, 5.74) is 0. The van der Waals surface area contributed by atoms with E-state index in [4.69, 9.17) is 0 Å². The van der Waals surface area contributed by atoms with Crippen LogP contribution in [0.15, 0.2) is 0 Å². The molecule has 0 aliphatic carbocycles. The standard InChI is InChI=1S/C12H23NO/c1-4-11-5-7-13(8-6-11)12(14)9-10(2)3/h10-11H,4-9H2,1-3H3. The summed E-state index contributed by atoms with van der Waals surface area (Å²) < 4.78 is 0. The van der Waals surface area contributed by atoms with Gasteiger partial charge in [-0.15, -0.1) is 0 Å². The van der Waals surface area contributed by atoms with Gasteiger partial charge in [0, 0.05) is 19.5 Å². The van der Waals surface area contributed by atoms with Gasteiger partial charge < -0.3 is 4.90 Å². The van der Waals surface area contributed by atoms with Crippen molar-refractivity contribution in [1.29, 1.82) is 0 Å². The Balaban J connectivity index is 2.30. The van der Waals surface area contributed by atoms with Gasteiger partial charge in [0.1, 0.15) is 0 Å². The topological polar surface area (TPSA) is 20.3 Å². The highest BCUT2D eigenvalue weighted by Crippen LogP contribution is 2.20. The molecule has 1 fully saturated rings. The quantitative estimate of drug-likeness (QED) is 0.681. The minimum absolute atomic E-state index is 0.356. The Morgan fingerprint density at radius 1 is 1.36 bits per heavy atom. The lowest BCUT2D eigenvalue weighted by atomic mass is 9.94. The van der Waals surface area contributed by atoms with Crippen LogP contribution < -0.4 is 0 Å². The molecule has 82 valence electrons. The maximum atomic E-state index is 11.7. The highest BCUT2D eigenvalue weighted by atomic mass is 16.2. The summed E-state index contributed by atoms with van der Waals surface area (Å²) in [6.07, 6.45) is 4.41. The molecule has 0 spiro atoms. The van der Waals surface area contributed by atoms with Crippen LogP contribution in [0.2, 0.25) is 0 Å².